The lowest BCUT2D eigenvalue weighted by atomic mass is 9.91. The molecule has 2 heterocycles. The number of nitrogens with zero attached hydrogens (tertiary/aromatic N) is 1. The third-order valence-corrected chi connectivity index (χ3v) is 5.41. The molecule has 4 rings (SSSR count). The molecule has 0 amide bonds. The zero-order valence-corrected chi connectivity index (χ0v) is 11.7. The molecule has 2 heteroatoms. The molecule has 3 aliphatic rings. The molecule has 0 aromatic heterocycles. The van der Waals surface area contributed by atoms with Crippen LogP contribution in [0.1, 0.15) is 43.2 Å². The number of nitrogens with one attached hydrogen (secondary N) is 1. The molecule has 1 N–H and O–H groups in total. The number of anilines is 1. The van der Waals surface area contributed by atoms with Crippen LogP contribution in [-0.4, -0.2) is 24.0 Å². The van der Waals surface area contributed by atoms with Crippen LogP contribution in [0, 0.1) is 5.92 Å². The fourth-order valence-electron chi connectivity index (χ4n) is 4.51. The van der Waals surface area contributed by atoms with Crippen LogP contribution in [0.25, 0.3) is 0 Å². The number of piperidine rings is 1. The lowest BCUT2D eigenvalue weighted by molar-refractivity contribution is 0.106. The predicted octanol–water partition coefficient (Wildman–Crippen LogP) is 3.42. The van der Waals surface area contributed by atoms with Gasteiger partial charge in [0.2, 0.25) is 0 Å². The van der Waals surface area contributed by atoms with Crippen molar-refractivity contribution in [3.05, 3.63) is 29.3 Å². The summed E-state index contributed by atoms with van der Waals surface area (Å²) in [6.07, 6.45) is 8.46. The second-order valence-corrected chi connectivity index (χ2v) is 6.50. The molecule has 0 radical (unpaired) electrons. The van der Waals surface area contributed by atoms with Gasteiger partial charge in [0.1, 0.15) is 0 Å². The van der Waals surface area contributed by atoms with Gasteiger partial charge in [0.15, 0.2) is 0 Å². The number of hydrogen-bond acceptors (Lipinski definition) is 2. The topological polar surface area (TPSA) is 15.3 Å². The molecule has 1 aliphatic carbocycles. The number of fused-ring (bicyclic) bond motifs is 2. The van der Waals surface area contributed by atoms with Crippen LogP contribution in [0.15, 0.2) is 18.2 Å². The highest BCUT2D eigenvalue weighted by molar-refractivity contribution is 5.61. The lowest BCUT2D eigenvalue weighted by Crippen LogP contribution is -2.41. The van der Waals surface area contributed by atoms with Gasteiger partial charge in [0.25, 0.3) is 0 Å². The van der Waals surface area contributed by atoms with E-state index in [1.807, 2.05) is 0 Å². The number of benzene rings is 1. The average Bonchev–Trinajstić information content (AvgIpc) is 3.08. The molecular formula is C17H24N2. The molecule has 2 atom stereocenters. The van der Waals surface area contributed by atoms with E-state index >= 15 is 0 Å². The molecule has 1 saturated carbocycles. The molecule has 1 saturated heterocycles. The number of hydrogen-bond donors (Lipinski definition) is 1. The van der Waals surface area contributed by atoms with Gasteiger partial charge in [-0.3, -0.25) is 4.90 Å². The summed E-state index contributed by atoms with van der Waals surface area (Å²) in [5, 5.41) is 3.59. The van der Waals surface area contributed by atoms with Crippen molar-refractivity contribution in [2.75, 3.05) is 18.4 Å². The van der Waals surface area contributed by atoms with E-state index in [9.17, 15) is 0 Å². The molecule has 1 aromatic carbocycles. The molecule has 0 bridgehead atoms. The van der Waals surface area contributed by atoms with E-state index in [0.717, 1.165) is 25.0 Å². The third kappa shape index (κ3) is 2.06. The summed E-state index contributed by atoms with van der Waals surface area (Å²) in [5.41, 5.74) is 4.50. The minimum atomic E-state index is 0.881. The lowest BCUT2D eigenvalue weighted by Gasteiger charge is -2.38. The van der Waals surface area contributed by atoms with E-state index in [1.165, 1.54) is 61.9 Å². The Kier molecular flexibility index (Phi) is 2.99. The van der Waals surface area contributed by atoms with Gasteiger partial charge in [-0.25, -0.2) is 0 Å². The normalized spacial score (nSPS) is 29.9. The van der Waals surface area contributed by atoms with Crippen LogP contribution in [-0.2, 0) is 13.0 Å². The van der Waals surface area contributed by atoms with Gasteiger partial charge in [-0.05, 0) is 55.7 Å². The average molecular weight is 256 g/mol. The molecule has 2 fully saturated rings. The van der Waals surface area contributed by atoms with Gasteiger partial charge < -0.3 is 5.32 Å². The Balaban J connectivity index is 1.56. The molecule has 2 aliphatic heterocycles. The van der Waals surface area contributed by atoms with Crippen molar-refractivity contribution in [3.8, 4) is 0 Å². The summed E-state index contributed by atoms with van der Waals surface area (Å²) in [4.78, 5) is 2.77. The van der Waals surface area contributed by atoms with Crippen LogP contribution in [0.2, 0.25) is 0 Å². The Labute approximate surface area is 116 Å². The van der Waals surface area contributed by atoms with Crippen molar-refractivity contribution in [2.24, 2.45) is 5.92 Å². The van der Waals surface area contributed by atoms with Gasteiger partial charge >= 0.3 is 0 Å². The number of likely N-dealkylation sites (tertiary alicyclic amines) is 1. The number of rotatable bonds is 2. The highest BCUT2D eigenvalue weighted by Gasteiger charge is 2.35. The summed E-state index contributed by atoms with van der Waals surface area (Å²) in [6.45, 7) is 3.60. The first-order valence-electron chi connectivity index (χ1n) is 8.00. The van der Waals surface area contributed by atoms with E-state index in [1.54, 1.807) is 0 Å². The summed E-state index contributed by atoms with van der Waals surface area (Å²) in [7, 11) is 0. The Morgan fingerprint density at radius 2 is 2.11 bits per heavy atom. The van der Waals surface area contributed by atoms with Gasteiger partial charge in [0.05, 0.1) is 0 Å². The summed E-state index contributed by atoms with van der Waals surface area (Å²) >= 11 is 0. The largest absolute Gasteiger partial charge is 0.384 e. The second kappa shape index (κ2) is 4.82. The SMILES string of the molecule is c1cc2c(c(CN3CCCC4CCCC43)c1)NCC2. The monoisotopic (exact) mass is 256 g/mol. The fourth-order valence-corrected chi connectivity index (χ4v) is 4.51. The summed E-state index contributed by atoms with van der Waals surface area (Å²) in [6, 6.07) is 7.74. The van der Waals surface area contributed by atoms with Gasteiger partial charge in [-0.1, -0.05) is 24.6 Å². The minimum Gasteiger partial charge on any atom is -0.384 e. The first-order valence-corrected chi connectivity index (χ1v) is 8.00. The maximum Gasteiger partial charge on any atom is 0.0419 e. The van der Waals surface area contributed by atoms with Crippen LogP contribution in [0.4, 0.5) is 5.69 Å². The van der Waals surface area contributed by atoms with E-state index in [-0.39, 0.29) is 0 Å². The van der Waals surface area contributed by atoms with Crippen LogP contribution >= 0.6 is 0 Å². The van der Waals surface area contributed by atoms with E-state index < -0.39 is 0 Å². The van der Waals surface area contributed by atoms with E-state index in [4.69, 9.17) is 0 Å². The quantitative estimate of drug-likeness (QED) is 0.872. The first kappa shape index (κ1) is 11.8. The molecule has 19 heavy (non-hydrogen) atoms. The second-order valence-electron chi connectivity index (χ2n) is 6.50. The standard InChI is InChI=1S/C17H24N2/c1-5-14-9-10-18-17(14)15(6-1)12-19-11-3-7-13-4-2-8-16(13)19/h1,5-6,13,16,18H,2-4,7-12H2. The summed E-state index contributed by atoms with van der Waals surface area (Å²) < 4.78 is 0. The smallest absolute Gasteiger partial charge is 0.0419 e. The Morgan fingerprint density at radius 3 is 3.11 bits per heavy atom. The van der Waals surface area contributed by atoms with Crippen LogP contribution in [0.3, 0.4) is 0 Å². The minimum absolute atomic E-state index is 0.881. The van der Waals surface area contributed by atoms with Crippen molar-refractivity contribution in [3.63, 3.8) is 0 Å². The molecule has 2 unspecified atom stereocenters. The molecule has 2 nitrogen and oxygen atoms in total. The molecule has 102 valence electrons. The molecular weight excluding hydrogens is 232 g/mol. The van der Waals surface area contributed by atoms with Crippen molar-refractivity contribution >= 4 is 5.69 Å². The van der Waals surface area contributed by atoms with Crippen molar-refractivity contribution in [2.45, 2.75) is 51.1 Å². The number of para-hydroxylation sites is 1. The maximum atomic E-state index is 3.59. The first-order chi connectivity index (χ1) is 9.42. The van der Waals surface area contributed by atoms with Crippen LogP contribution in [0.5, 0.6) is 0 Å². The highest BCUT2D eigenvalue weighted by atomic mass is 15.2. The summed E-state index contributed by atoms with van der Waals surface area (Å²) in [5.74, 6) is 0.999. The fraction of sp³-hybridized carbons (Fsp3) is 0.647. The third-order valence-electron chi connectivity index (χ3n) is 5.41. The van der Waals surface area contributed by atoms with Gasteiger partial charge in [0, 0.05) is 24.8 Å². The molecule has 1 aromatic rings. The van der Waals surface area contributed by atoms with E-state index in [0.29, 0.717) is 0 Å². The zero-order valence-electron chi connectivity index (χ0n) is 11.7. The van der Waals surface area contributed by atoms with Gasteiger partial charge in [-0.2, -0.15) is 0 Å². The van der Waals surface area contributed by atoms with Crippen molar-refractivity contribution in [1.82, 2.24) is 4.90 Å². The Bertz CT molecular complexity index is 468. The predicted molar refractivity (Wildman–Crippen MR) is 79.4 cm³/mol. The van der Waals surface area contributed by atoms with E-state index in [2.05, 4.69) is 28.4 Å². The van der Waals surface area contributed by atoms with Gasteiger partial charge in [-0.15, -0.1) is 0 Å². The van der Waals surface area contributed by atoms with Crippen LogP contribution < -0.4 is 5.32 Å². The zero-order chi connectivity index (χ0) is 12.7. The maximum absolute atomic E-state index is 3.59. The molecule has 0 spiro atoms. The highest BCUT2D eigenvalue weighted by Crippen LogP contribution is 2.38. The van der Waals surface area contributed by atoms with Crippen molar-refractivity contribution < 1.29 is 0 Å². The Hall–Kier alpha value is -1.02. The van der Waals surface area contributed by atoms with Crippen molar-refractivity contribution in [1.29, 1.82) is 0 Å². The Morgan fingerprint density at radius 1 is 1.16 bits per heavy atom.